The zero-order chi connectivity index (χ0) is 11.8. The van der Waals surface area contributed by atoms with Gasteiger partial charge in [-0.25, -0.2) is 0 Å². The molecule has 0 aromatic heterocycles. The molecule has 3 unspecified atom stereocenters. The van der Waals surface area contributed by atoms with Crippen molar-refractivity contribution in [3.8, 4) is 0 Å². The van der Waals surface area contributed by atoms with Crippen molar-refractivity contribution in [3.05, 3.63) is 0 Å². The maximum Gasteiger partial charge on any atom is 0.0897 e. The van der Waals surface area contributed by atoms with E-state index in [1.165, 1.54) is 0 Å². The van der Waals surface area contributed by atoms with Crippen LogP contribution in [0.5, 0.6) is 0 Å². The number of morpholine rings is 1. The lowest BCUT2D eigenvalue weighted by Gasteiger charge is -2.27. The highest BCUT2D eigenvalue weighted by molar-refractivity contribution is 4.76. The third-order valence-electron chi connectivity index (χ3n) is 2.70. The fourth-order valence-corrected chi connectivity index (χ4v) is 1.87. The Morgan fingerprint density at radius 3 is 3.06 bits per heavy atom. The van der Waals surface area contributed by atoms with Gasteiger partial charge in [-0.1, -0.05) is 0 Å². The average molecular weight is 232 g/mol. The fourth-order valence-electron chi connectivity index (χ4n) is 1.87. The normalized spacial score (nSPS) is 25.3. The summed E-state index contributed by atoms with van der Waals surface area (Å²) in [6.07, 6.45) is 0.586. The van der Waals surface area contributed by atoms with E-state index in [2.05, 4.69) is 17.6 Å². The van der Waals surface area contributed by atoms with Gasteiger partial charge >= 0.3 is 0 Å². The topological polar surface area (TPSA) is 62.8 Å². The number of hydrogen-bond donors (Lipinski definition) is 3. The van der Waals surface area contributed by atoms with Crippen molar-refractivity contribution in [2.75, 3.05) is 40.0 Å². The number of ether oxygens (including phenoxy) is 2. The van der Waals surface area contributed by atoms with Gasteiger partial charge in [0.05, 0.1) is 25.9 Å². The Hall–Kier alpha value is -0.200. The summed E-state index contributed by atoms with van der Waals surface area (Å²) in [6, 6.07) is 0.793. The molecule has 16 heavy (non-hydrogen) atoms. The smallest absolute Gasteiger partial charge is 0.0897 e. The zero-order valence-electron chi connectivity index (χ0n) is 10.2. The molecular formula is C11H24N2O3. The van der Waals surface area contributed by atoms with E-state index < -0.39 is 6.10 Å². The molecule has 0 saturated carbocycles. The molecule has 0 aromatic carbocycles. The molecule has 5 heteroatoms. The summed E-state index contributed by atoms with van der Waals surface area (Å²) in [5, 5.41) is 16.2. The third-order valence-corrected chi connectivity index (χ3v) is 2.70. The van der Waals surface area contributed by atoms with Crippen LogP contribution in [0.25, 0.3) is 0 Å². The van der Waals surface area contributed by atoms with Gasteiger partial charge in [0.2, 0.25) is 0 Å². The molecule has 1 rings (SSSR count). The average Bonchev–Trinajstić information content (AvgIpc) is 2.28. The molecule has 0 radical (unpaired) electrons. The van der Waals surface area contributed by atoms with Crippen molar-refractivity contribution in [2.45, 2.75) is 31.5 Å². The predicted octanol–water partition coefficient (Wildman–Crippen LogP) is -0.650. The number of rotatable bonds is 7. The summed E-state index contributed by atoms with van der Waals surface area (Å²) >= 11 is 0. The summed E-state index contributed by atoms with van der Waals surface area (Å²) in [5.74, 6) is 0. The molecular weight excluding hydrogens is 208 g/mol. The maximum atomic E-state index is 9.48. The Balaban J connectivity index is 2.07. The van der Waals surface area contributed by atoms with E-state index in [-0.39, 0.29) is 0 Å². The molecule has 1 aliphatic rings. The van der Waals surface area contributed by atoms with Gasteiger partial charge in [-0.05, 0) is 13.3 Å². The molecule has 0 aliphatic carbocycles. The molecule has 0 aromatic rings. The number of methoxy groups -OCH3 is 1. The van der Waals surface area contributed by atoms with Gasteiger partial charge in [-0.2, -0.15) is 0 Å². The first-order chi connectivity index (χ1) is 7.72. The van der Waals surface area contributed by atoms with Crippen LogP contribution in [-0.4, -0.2) is 63.3 Å². The van der Waals surface area contributed by atoms with E-state index >= 15 is 0 Å². The van der Waals surface area contributed by atoms with Gasteiger partial charge in [0.25, 0.3) is 0 Å². The highest BCUT2D eigenvalue weighted by atomic mass is 16.5. The standard InChI is InChI=1S/C11H24N2O3/c1-9(13-6-11(14)8-15-2)5-10-7-16-4-3-12-10/h9-14H,3-8H2,1-2H3. The molecule has 1 aliphatic heterocycles. The molecule has 1 heterocycles. The second-order valence-electron chi connectivity index (χ2n) is 4.38. The van der Waals surface area contributed by atoms with Crippen LogP contribution in [0.2, 0.25) is 0 Å². The molecule has 3 N–H and O–H groups in total. The molecule has 5 nitrogen and oxygen atoms in total. The van der Waals surface area contributed by atoms with Gasteiger partial charge in [-0.15, -0.1) is 0 Å². The predicted molar refractivity (Wildman–Crippen MR) is 62.6 cm³/mol. The van der Waals surface area contributed by atoms with Crippen molar-refractivity contribution < 1.29 is 14.6 Å². The monoisotopic (exact) mass is 232 g/mol. The summed E-state index contributed by atoms with van der Waals surface area (Å²) in [7, 11) is 1.59. The Morgan fingerprint density at radius 2 is 2.44 bits per heavy atom. The van der Waals surface area contributed by atoms with Gasteiger partial charge in [0.1, 0.15) is 0 Å². The minimum absolute atomic E-state index is 0.366. The number of aliphatic hydroxyl groups is 1. The van der Waals surface area contributed by atoms with Crippen LogP contribution < -0.4 is 10.6 Å². The van der Waals surface area contributed by atoms with E-state index in [0.29, 0.717) is 25.2 Å². The van der Waals surface area contributed by atoms with E-state index in [0.717, 1.165) is 26.2 Å². The van der Waals surface area contributed by atoms with Crippen LogP contribution in [-0.2, 0) is 9.47 Å². The largest absolute Gasteiger partial charge is 0.389 e. The van der Waals surface area contributed by atoms with E-state index in [1.807, 2.05) is 0 Å². The summed E-state index contributed by atoms with van der Waals surface area (Å²) in [5.41, 5.74) is 0. The number of nitrogens with one attached hydrogen (secondary N) is 2. The van der Waals surface area contributed by atoms with Crippen molar-refractivity contribution in [1.29, 1.82) is 0 Å². The van der Waals surface area contributed by atoms with E-state index in [1.54, 1.807) is 7.11 Å². The van der Waals surface area contributed by atoms with Gasteiger partial charge in [-0.3, -0.25) is 0 Å². The minimum atomic E-state index is -0.428. The van der Waals surface area contributed by atoms with Crippen molar-refractivity contribution in [2.24, 2.45) is 0 Å². The molecule has 96 valence electrons. The lowest BCUT2D eigenvalue weighted by Crippen LogP contribution is -2.46. The summed E-state index contributed by atoms with van der Waals surface area (Å²) < 4.78 is 10.3. The van der Waals surface area contributed by atoms with Crippen molar-refractivity contribution in [1.82, 2.24) is 10.6 Å². The molecule has 0 bridgehead atoms. The number of hydrogen-bond acceptors (Lipinski definition) is 5. The lowest BCUT2D eigenvalue weighted by molar-refractivity contribution is 0.0580. The molecule has 0 amide bonds. The minimum Gasteiger partial charge on any atom is -0.389 e. The zero-order valence-corrected chi connectivity index (χ0v) is 10.2. The Morgan fingerprint density at radius 1 is 1.62 bits per heavy atom. The highest BCUT2D eigenvalue weighted by Crippen LogP contribution is 2.02. The second-order valence-corrected chi connectivity index (χ2v) is 4.38. The highest BCUT2D eigenvalue weighted by Gasteiger charge is 2.16. The Labute approximate surface area is 97.5 Å². The van der Waals surface area contributed by atoms with Crippen LogP contribution in [0.1, 0.15) is 13.3 Å². The molecule has 3 atom stereocenters. The third kappa shape index (κ3) is 5.77. The first-order valence-electron chi connectivity index (χ1n) is 5.94. The molecule has 0 spiro atoms. The summed E-state index contributed by atoms with van der Waals surface area (Å²) in [6.45, 7) is 5.60. The van der Waals surface area contributed by atoms with Crippen LogP contribution in [0.4, 0.5) is 0 Å². The van der Waals surface area contributed by atoms with Gasteiger partial charge in [0, 0.05) is 32.3 Å². The van der Waals surface area contributed by atoms with Crippen LogP contribution in [0.3, 0.4) is 0 Å². The van der Waals surface area contributed by atoms with Gasteiger partial charge in [0.15, 0.2) is 0 Å². The fraction of sp³-hybridized carbons (Fsp3) is 1.00. The lowest BCUT2D eigenvalue weighted by atomic mass is 10.1. The second kappa shape index (κ2) is 7.97. The van der Waals surface area contributed by atoms with Gasteiger partial charge < -0.3 is 25.2 Å². The quantitative estimate of drug-likeness (QED) is 0.544. The van der Waals surface area contributed by atoms with E-state index in [9.17, 15) is 5.11 Å². The molecule has 1 saturated heterocycles. The van der Waals surface area contributed by atoms with Crippen LogP contribution in [0, 0.1) is 0 Å². The molecule has 1 fully saturated rings. The van der Waals surface area contributed by atoms with Crippen molar-refractivity contribution >= 4 is 0 Å². The Kier molecular flexibility index (Phi) is 6.91. The first-order valence-corrected chi connectivity index (χ1v) is 5.94. The SMILES string of the molecule is COCC(O)CNC(C)CC1COCCN1. The number of aliphatic hydroxyl groups excluding tert-OH is 1. The van der Waals surface area contributed by atoms with Crippen molar-refractivity contribution in [3.63, 3.8) is 0 Å². The van der Waals surface area contributed by atoms with E-state index in [4.69, 9.17) is 9.47 Å². The van der Waals surface area contributed by atoms with Crippen LogP contribution in [0.15, 0.2) is 0 Å². The maximum absolute atomic E-state index is 9.48. The Bertz CT molecular complexity index is 175. The van der Waals surface area contributed by atoms with Crippen LogP contribution >= 0.6 is 0 Å². The first kappa shape index (κ1) is 13.9. The summed E-state index contributed by atoms with van der Waals surface area (Å²) in [4.78, 5) is 0.